The van der Waals surface area contributed by atoms with Crippen molar-refractivity contribution >= 4 is 22.6 Å². The average Bonchev–Trinajstić information content (AvgIpc) is 2.41. The third-order valence-electron chi connectivity index (χ3n) is 2.56. The van der Waals surface area contributed by atoms with E-state index in [0.717, 1.165) is 0 Å². The van der Waals surface area contributed by atoms with E-state index in [9.17, 15) is 20.0 Å². The summed E-state index contributed by atoms with van der Waals surface area (Å²) in [6.45, 7) is 4.89. The van der Waals surface area contributed by atoms with E-state index in [2.05, 4.69) is 11.6 Å². The minimum absolute atomic E-state index is 0.00813. The molecule has 0 atom stereocenters. The Morgan fingerprint density at radius 1 is 1.45 bits per heavy atom. The number of fused-ring (bicyclic) bond motifs is 1. The van der Waals surface area contributed by atoms with Crippen LogP contribution in [0.2, 0.25) is 0 Å². The molecule has 1 aromatic heterocycles. The SMILES string of the molecule is C=C(C)C(=O)Oc1ccc(O)c2nccc([N+](=O)[O-])c12. The highest BCUT2D eigenvalue weighted by molar-refractivity contribution is 5.99. The molecule has 102 valence electrons. The summed E-state index contributed by atoms with van der Waals surface area (Å²) in [6, 6.07) is 3.69. The van der Waals surface area contributed by atoms with Crippen LogP contribution >= 0.6 is 0 Å². The van der Waals surface area contributed by atoms with Crippen LogP contribution in [0.4, 0.5) is 5.69 Å². The molecule has 0 aliphatic carbocycles. The number of aromatic hydroxyl groups is 1. The van der Waals surface area contributed by atoms with Crippen molar-refractivity contribution in [2.24, 2.45) is 0 Å². The lowest BCUT2D eigenvalue weighted by atomic mass is 10.1. The Morgan fingerprint density at radius 3 is 2.75 bits per heavy atom. The number of nitrogens with zero attached hydrogens (tertiary/aromatic N) is 2. The molecule has 20 heavy (non-hydrogen) atoms. The van der Waals surface area contributed by atoms with Gasteiger partial charge in [-0.1, -0.05) is 6.58 Å². The smallest absolute Gasteiger partial charge is 0.338 e. The predicted molar refractivity (Wildman–Crippen MR) is 70.5 cm³/mol. The van der Waals surface area contributed by atoms with Crippen molar-refractivity contribution in [3.05, 3.63) is 46.7 Å². The van der Waals surface area contributed by atoms with Gasteiger partial charge >= 0.3 is 5.97 Å². The highest BCUT2D eigenvalue weighted by Crippen LogP contribution is 2.37. The molecule has 0 aliphatic rings. The molecular formula is C13H10N2O5. The van der Waals surface area contributed by atoms with Crippen LogP contribution in [0.3, 0.4) is 0 Å². The molecule has 0 amide bonds. The first-order valence-electron chi connectivity index (χ1n) is 5.54. The van der Waals surface area contributed by atoms with E-state index in [1.165, 1.54) is 31.3 Å². The van der Waals surface area contributed by atoms with Gasteiger partial charge in [-0.05, 0) is 19.1 Å². The summed E-state index contributed by atoms with van der Waals surface area (Å²) in [5.41, 5.74) is -0.167. The third kappa shape index (κ3) is 2.28. The third-order valence-corrected chi connectivity index (χ3v) is 2.56. The second-order valence-corrected chi connectivity index (χ2v) is 4.06. The number of phenolic OH excluding ortho intramolecular Hbond substituents is 1. The minimum atomic E-state index is -0.713. The van der Waals surface area contributed by atoms with E-state index in [1.807, 2.05) is 0 Å². The number of hydrogen-bond acceptors (Lipinski definition) is 6. The fraction of sp³-hybridized carbons (Fsp3) is 0.0769. The zero-order valence-corrected chi connectivity index (χ0v) is 10.5. The first kappa shape index (κ1) is 13.5. The van der Waals surface area contributed by atoms with Crippen LogP contribution in [0.25, 0.3) is 10.9 Å². The summed E-state index contributed by atoms with van der Waals surface area (Å²) in [5.74, 6) is -1.00. The second kappa shape index (κ2) is 4.96. The summed E-state index contributed by atoms with van der Waals surface area (Å²) in [4.78, 5) is 25.8. The molecule has 0 fully saturated rings. The molecule has 0 bridgehead atoms. The molecule has 7 heteroatoms. The monoisotopic (exact) mass is 274 g/mol. The molecule has 0 saturated heterocycles. The first-order chi connectivity index (χ1) is 9.41. The Labute approximate surface area is 113 Å². The highest BCUT2D eigenvalue weighted by Gasteiger charge is 2.21. The minimum Gasteiger partial charge on any atom is -0.506 e. The Bertz CT molecular complexity index is 739. The Morgan fingerprint density at radius 2 is 2.15 bits per heavy atom. The van der Waals surface area contributed by atoms with Gasteiger partial charge in [0.25, 0.3) is 5.69 Å². The summed E-state index contributed by atoms with van der Waals surface area (Å²) in [5, 5.41) is 20.7. The van der Waals surface area contributed by atoms with Gasteiger partial charge in [0, 0.05) is 17.8 Å². The van der Waals surface area contributed by atoms with Gasteiger partial charge in [-0.2, -0.15) is 0 Å². The lowest BCUT2D eigenvalue weighted by molar-refractivity contribution is -0.383. The van der Waals surface area contributed by atoms with Crippen LogP contribution in [0.15, 0.2) is 36.5 Å². The maximum Gasteiger partial charge on any atom is 0.338 e. The van der Waals surface area contributed by atoms with E-state index in [0.29, 0.717) is 0 Å². The van der Waals surface area contributed by atoms with Crippen LogP contribution in [0, 0.1) is 10.1 Å². The number of pyridine rings is 1. The first-order valence-corrected chi connectivity index (χ1v) is 5.54. The number of carbonyl (C=O) groups excluding carboxylic acids is 1. The van der Waals surface area contributed by atoms with E-state index >= 15 is 0 Å². The van der Waals surface area contributed by atoms with Gasteiger partial charge in [0.15, 0.2) is 0 Å². The summed E-state index contributed by atoms with van der Waals surface area (Å²) in [7, 11) is 0. The second-order valence-electron chi connectivity index (χ2n) is 4.06. The normalized spacial score (nSPS) is 10.2. The molecule has 0 spiro atoms. The van der Waals surface area contributed by atoms with Gasteiger partial charge in [-0.25, -0.2) is 4.79 Å². The molecule has 1 N–H and O–H groups in total. The van der Waals surface area contributed by atoms with Gasteiger partial charge in [0.2, 0.25) is 0 Å². The van der Waals surface area contributed by atoms with Gasteiger partial charge in [-0.3, -0.25) is 15.1 Å². The van der Waals surface area contributed by atoms with E-state index in [-0.39, 0.29) is 33.7 Å². The Kier molecular flexibility index (Phi) is 3.34. The van der Waals surface area contributed by atoms with Crippen LogP contribution in [0.5, 0.6) is 11.5 Å². The van der Waals surface area contributed by atoms with E-state index in [1.54, 1.807) is 0 Å². The zero-order chi connectivity index (χ0) is 14.9. The largest absolute Gasteiger partial charge is 0.506 e. The van der Waals surface area contributed by atoms with Crippen molar-refractivity contribution in [1.29, 1.82) is 0 Å². The number of nitro groups is 1. The van der Waals surface area contributed by atoms with Gasteiger partial charge in [-0.15, -0.1) is 0 Å². The number of aromatic nitrogens is 1. The highest BCUT2D eigenvalue weighted by atomic mass is 16.6. The fourth-order valence-corrected chi connectivity index (χ4v) is 1.63. The van der Waals surface area contributed by atoms with Gasteiger partial charge in [0.1, 0.15) is 22.4 Å². The zero-order valence-electron chi connectivity index (χ0n) is 10.5. The van der Waals surface area contributed by atoms with Crippen molar-refractivity contribution in [2.75, 3.05) is 0 Å². The summed E-state index contributed by atoms with van der Waals surface area (Å²) in [6.07, 6.45) is 1.20. The van der Waals surface area contributed by atoms with Crippen LogP contribution in [-0.2, 0) is 4.79 Å². The summed E-state index contributed by atoms with van der Waals surface area (Å²) >= 11 is 0. The number of ether oxygens (including phenoxy) is 1. The molecule has 2 rings (SSSR count). The van der Waals surface area contributed by atoms with Crippen molar-refractivity contribution in [1.82, 2.24) is 4.98 Å². The van der Waals surface area contributed by atoms with Crippen molar-refractivity contribution < 1.29 is 19.6 Å². The topological polar surface area (TPSA) is 103 Å². The maximum atomic E-state index is 11.5. The molecule has 0 aliphatic heterocycles. The molecule has 0 radical (unpaired) electrons. The predicted octanol–water partition coefficient (Wildman–Crippen LogP) is 2.33. The number of rotatable bonds is 3. The van der Waals surface area contributed by atoms with Gasteiger partial charge < -0.3 is 9.84 Å². The van der Waals surface area contributed by atoms with Crippen molar-refractivity contribution in [3.63, 3.8) is 0 Å². The van der Waals surface area contributed by atoms with Crippen LogP contribution in [0.1, 0.15) is 6.92 Å². The molecule has 1 aromatic carbocycles. The molecule has 0 saturated carbocycles. The number of hydrogen-bond donors (Lipinski definition) is 1. The lowest BCUT2D eigenvalue weighted by Crippen LogP contribution is -2.09. The quantitative estimate of drug-likeness (QED) is 0.303. The molecule has 0 unspecified atom stereocenters. The van der Waals surface area contributed by atoms with Gasteiger partial charge in [0.05, 0.1) is 4.92 Å². The molecular weight excluding hydrogens is 264 g/mol. The average molecular weight is 274 g/mol. The van der Waals surface area contributed by atoms with Crippen LogP contribution in [-0.4, -0.2) is 21.0 Å². The van der Waals surface area contributed by atoms with Crippen molar-refractivity contribution in [2.45, 2.75) is 6.92 Å². The number of esters is 1. The van der Waals surface area contributed by atoms with E-state index in [4.69, 9.17) is 4.74 Å². The number of carbonyl (C=O) groups is 1. The van der Waals surface area contributed by atoms with Crippen LogP contribution < -0.4 is 4.74 Å². The van der Waals surface area contributed by atoms with Crippen molar-refractivity contribution in [3.8, 4) is 11.5 Å². The molecule has 1 heterocycles. The maximum absolute atomic E-state index is 11.5. The summed E-state index contributed by atoms with van der Waals surface area (Å²) < 4.78 is 5.04. The molecule has 7 nitrogen and oxygen atoms in total. The molecule has 2 aromatic rings. The Hall–Kier alpha value is -2.96. The number of phenols is 1. The lowest BCUT2D eigenvalue weighted by Gasteiger charge is -2.08. The number of benzene rings is 1. The fourth-order valence-electron chi connectivity index (χ4n) is 1.63. The Balaban J connectivity index is 2.72. The standard InChI is InChI=1S/C13H10N2O5/c1-7(2)13(17)20-10-4-3-9(16)12-11(10)8(15(18)19)5-6-14-12/h3-6,16H,1H2,2H3. The van der Waals surface area contributed by atoms with E-state index < -0.39 is 10.9 Å².